The number of hydrogen-bond donors (Lipinski definition) is 1. The normalized spacial score (nSPS) is 20.9. The van der Waals surface area contributed by atoms with Gasteiger partial charge in [-0.15, -0.1) is 0 Å². The van der Waals surface area contributed by atoms with Gasteiger partial charge in [0.1, 0.15) is 0 Å². The number of Topliss-reactive ketones (excluding diaryl/α,β-unsaturated/α-hetero) is 2. The van der Waals surface area contributed by atoms with Crippen molar-refractivity contribution >= 4 is 11.6 Å². The Labute approximate surface area is 139 Å². The predicted molar refractivity (Wildman–Crippen MR) is 84.4 cm³/mol. The molecule has 1 saturated heterocycles. The van der Waals surface area contributed by atoms with Crippen molar-refractivity contribution in [3.63, 3.8) is 0 Å². The van der Waals surface area contributed by atoms with Crippen LogP contribution in [-0.4, -0.2) is 46.8 Å². The number of aryl methyl sites for hydroxylation is 1. The Hall–Kier alpha value is -1.63. The highest BCUT2D eigenvalue weighted by Gasteiger charge is 2.43. The van der Waals surface area contributed by atoms with Gasteiger partial charge in [-0.25, -0.2) is 0 Å². The lowest BCUT2D eigenvalue weighted by Crippen LogP contribution is -2.48. The third-order valence-corrected chi connectivity index (χ3v) is 4.88. The quantitative estimate of drug-likeness (QED) is 0.848. The molecule has 1 aliphatic heterocycles. The number of ketones is 2. The number of nitrogens with one attached hydrogen (secondary N) is 1. The molecule has 1 aromatic rings. The van der Waals surface area contributed by atoms with Crippen LogP contribution in [0, 0.1) is 19.8 Å². The van der Waals surface area contributed by atoms with Crippen molar-refractivity contribution < 1.29 is 22.8 Å². The van der Waals surface area contributed by atoms with Gasteiger partial charge in [-0.3, -0.25) is 14.5 Å². The number of H-pyrrole nitrogens is 1. The molecule has 0 amide bonds. The number of carbonyl (C=O) groups excluding carboxylic acids is 2. The minimum absolute atomic E-state index is 0.107. The third kappa shape index (κ3) is 3.55. The van der Waals surface area contributed by atoms with E-state index in [1.165, 1.54) is 6.92 Å². The predicted octanol–water partition coefficient (Wildman–Crippen LogP) is 3.68. The zero-order valence-electron chi connectivity index (χ0n) is 14.4. The number of carbonyl (C=O) groups is 2. The molecule has 1 aromatic heterocycles. The van der Waals surface area contributed by atoms with Crippen LogP contribution in [0.5, 0.6) is 0 Å². The molecule has 1 fully saturated rings. The van der Waals surface area contributed by atoms with Crippen LogP contribution in [0.1, 0.15) is 58.8 Å². The lowest BCUT2D eigenvalue weighted by molar-refractivity contribution is -0.187. The number of alkyl halides is 3. The van der Waals surface area contributed by atoms with Crippen LogP contribution in [0.25, 0.3) is 0 Å². The van der Waals surface area contributed by atoms with Gasteiger partial charge in [-0.05, 0) is 52.6 Å². The molecular formula is C17H23F3N2O2. The molecule has 0 unspecified atom stereocenters. The fourth-order valence-corrected chi connectivity index (χ4v) is 3.52. The van der Waals surface area contributed by atoms with Gasteiger partial charge in [-0.1, -0.05) is 0 Å². The Balaban J connectivity index is 2.21. The Morgan fingerprint density at radius 2 is 1.92 bits per heavy atom. The van der Waals surface area contributed by atoms with Crippen molar-refractivity contribution in [3.05, 3.63) is 22.5 Å². The molecule has 0 aromatic carbocycles. The number of hydrogen-bond acceptors (Lipinski definition) is 3. The second kappa shape index (κ2) is 6.70. The third-order valence-electron chi connectivity index (χ3n) is 4.88. The molecule has 2 rings (SSSR count). The molecule has 0 spiro atoms. The molecule has 0 radical (unpaired) electrons. The summed E-state index contributed by atoms with van der Waals surface area (Å²) in [5.41, 5.74) is 1.99. The summed E-state index contributed by atoms with van der Waals surface area (Å²) in [5, 5.41) is 0. The molecule has 0 saturated carbocycles. The van der Waals surface area contributed by atoms with E-state index in [-0.39, 0.29) is 24.5 Å². The topological polar surface area (TPSA) is 53.2 Å². The van der Waals surface area contributed by atoms with E-state index in [0.717, 1.165) is 0 Å². The Morgan fingerprint density at radius 1 is 1.29 bits per heavy atom. The minimum Gasteiger partial charge on any atom is -0.355 e. The highest BCUT2D eigenvalue weighted by atomic mass is 19.4. The lowest BCUT2D eigenvalue weighted by atomic mass is 9.94. The maximum atomic E-state index is 13.0. The first-order valence-corrected chi connectivity index (χ1v) is 8.09. The Kier molecular flexibility index (Phi) is 5.22. The smallest absolute Gasteiger partial charge is 0.355 e. The number of aromatic nitrogens is 1. The van der Waals surface area contributed by atoms with Crippen LogP contribution in [0.4, 0.5) is 13.2 Å². The van der Waals surface area contributed by atoms with E-state index in [4.69, 9.17) is 0 Å². The number of piperidine rings is 1. The van der Waals surface area contributed by atoms with Gasteiger partial charge < -0.3 is 4.98 Å². The molecule has 1 aliphatic rings. The van der Waals surface area contributed by atoms with Crippen LogP contribution >= 0.6 is 0 Å². The molecule has 7 heteroatoms. The Morgan fingerprint density at radius 3 is 2.42 bits per heavy atom. The second-order valence-electron chi connectivity index (χ2n) is 6.60. The van der Waals surface area contributed by atoms with Crippen LogP contribution in [0.3, 0.4) is 0 Å². The molecule has 1 N–H and O–H groups in total. The van der Waals surface area contributed by atoms with Crippen molar-refractivity contribution in [2.24, 2.45) is 5.92 Å². The monoisotopic (exact) mass is 344 g/mol. The molecule has 0 aliphatic carbocycles. The fourth-order valence-electron chi connectivity index (χ4n) is 3.52. The Bertz CT molecular complexity index is 649. The zero-order valence-corrected chi connectivity index (χ0v) is 14.4. The average molecular weight is 344 g/mol. The van der Waals surface area contributed by atoms with E-state index < -0.39 is 18.1 Å². The molecular weight excluding hydrogens is 321 g/mol. The lowest BCUT2D eigenvalue weighted by Gasteiger charge is -2.36. The highest BCUT2D eigenvalue weighted by Crippen LogP contribution is 2.34. The molecule has 2 atom stereocenters. The van der Waals surface area contributed by atoms with Crippen molar-refractivity contribution in [2.45, 2.75) is 52.8 Å². The van der Waals surface area contributed by atoms with Gasteiger partial charge in [0.05, 0.1) is 17.7 Å². The number of aromatic amines is 1. The SMILES string of the molecule is CC(=O)c1c(C)[nH]c(C(=O)[C@@H](C)N2CCC[C@@H](C(F)(F)F)C2)c1C. The van der Waals surface area contributed by atoms with E-state index in [9.17, 15) is 22.8 Å². The average Bonchev–Trinajstić information content (AvgIpc) is 2.80. The fraction of sp³-hybridized carbons (Fsp3) is 0.647. The largest absolute Gasteiger partial charge is 0.393 e. The second-order valence-corrected chi connectivity index (χ2v) is 6.60. The van der Waals surface area contributed by atoms with Crippen LogP contribution in [-0.2, 0) is 0 Å². The first kappa shape index (κ1) is 18.7. The molecule has 24 heavy (non-hydrogen) atoms. The van der Waals surface area contributed by atoms with E-state index >= 15 is 0 Å². The van der Waals surface area contributed by atoms with Gasteiger partial charge >= 0.3 is 6.18 Å². The summed E-state index contributed by atoms with van der Waals surface area (Å²) >= 11 is 0. The van der Waals surface area contributed by atoms with Crippen LogP contribution < -0.4 is 0 Å². The summed E-state index contributed by atoms with van der Waals surface area (Å²) in [5.74, 6) is -1.80. The van der Waals surface area contributed by atoms with Gasteiger partial charge in [0.15, 0.2) is 11.6 Å². The van der Waals surface area contributed by atoms with Crippen molar-refractivity contribution in [2.75, 3.05) is 13.1 Å². The highest BCUT2D eigenvalue weighted by molar-refractivity contribution is 6.05. The van der Waals surface area contributed by atoms with Gasteiger partial charge in [-0.2, -0.15) is 13.2 Å². The van der Waals surface area contributed by atoms with E-state index in [0.29, 0.717) is 35.5 Å². The van der Waals surface area contributed by atoms with Crippen molar-refractivity contribution in [1.82, 2.24) is 9.88 Å². The molecule has 0 bridgehead atoms. The molecule has 4 nitrogen and oxygen atoms in total. The summed E-state index contributed by atoms with van der Waals surface area (Å²) < 4.78 is 38.9. The zero-order chi connectivity index (χ0) is 18.2. The van der Waals surface area contributed by atoms with E-state index in [2.05, 4.69) is 4.98 Å². The van der Waals surface area contributed by atoms with Crippen LogP contribution in [0.2, 0.25) is 0 Å². The van der Waals surface area contributed by atoms with Crippen LogP contribution in [0.15, 0.2) is 0 Å². The maximum Gasteiger partial charge on any atom is 0.393 e. The van der Waals surface area contributed by atoms with Crippen molar-refractivity contribution in [1.29, 1.82) is 0 Å². The number of rotatable bonds is 4. The first-order chi connectivity index (χ1) is 11.0. The summed E-state index contributed by atoms with van der Waals surface area (Å²) in [6.07, 6.45) is -3.71. The van der Waals surface area contributed by atoms with E-state index in [1.54, 1.807) is 25.7 Å². The number of nitrogens with zero attached hydrogens (tertiary/aromatic N) is 1. The van der Waals surface area contributed by atoms with Gasteiger partial charge in [0.2, 0.25) is 0 Å². The summed E-state index contributed by atoms with van der Waals surface area (Å²) in [6, 6.07) is -0.660. The van der Waals surface area contributed by atoms with Crippen molar-refractivity contribution in [3.8, 4) is 0 Å². The first-order valence-electron chi connectivity index (χ1n) is 8.09. The number of halogens is 3. The number of likely N-dealkylation sites (tertiary alicyclic amines) is 1. The molecule has 134 valence electrons. The summed E-state index contributed by atoms with van der Waals surface area (Å²) in [7, 11) is 0. The summed E-state index contributed by atoms with van der Waals surface area (Å²) in [6.45, 7) is 6.77. The van der Waals surface area contributed by atoms with Gasteiger partial charge in [0, 0.05) is 17.8 Å². The molecule has 2 heterocycles. The summed E-state index contributed by atoms with van der Waals surface area (Å²) in [4.78, 5) is 29.0. The van der Waals surface area contributed by atoms with Gasteiger partial charge in [0.25, 0.3) is 0 Å². The standard InChI is InChI=1S/C17H23F3N2O2/c1-9-14(12(4)23)10(2)21-15(9)16(24)11(3)22-7-5-6-13(8-22)17(18,19)20/h11,13,21H,5-8H2,1-4H3/t11-,13-/m1/s1. The minimum atomic E-state index is -4.23. The van der Waals surface area contributed by atoms with E-state index in [1.807, 2.05) is 0 Å². The maximum absolute atomic E-state index is 13.0.